The van der Waals surface area contributed by atoms with E-state index in [1.54, 1.807) is 0 Å². The van der Waals surface area contributed by atoms with E-state index in [0.29, 0.717) is 23.5 Å². The number of hydrogen-bond donors (Lipinski definition) is 3. The molecule has 0 bridgehead atoms. The van der Waals surface area contributed by atoms with Gasteiger partial charge < -0.3 is 20.5 Å². The molecule has 0 unspecified atom stereocenters. The number of carboxylic acids is 1. The first-order valence-corrected chi connectivity index (χ1v) is 4.61. The molecule has 1 heterocycles. The Balaban J connectivity index is 2.54. The van der Waals surface area contributed by atoms with E-state index in [4.69, 9.17) is 9.84 Å². The van der Waals surface area contributed by atoms with Gasteiger partial charge in [-0.25, -0.2) is 9.59 Å². The third-order valence-electron chi connectivity index (χ3n) is 2.33. The van der Waals surface area contributed by atoms with Gasteiger partial charge in [0.2, 0.25) is 0 Å². The van der Waals surface area contributed by atoms with Crippen molar-refractivity contribution in [2.45, 2.75) is 6.54 Å². The Kier molecular flexibility index (Phi) is 2.40. The molecule has 6 heteroatoms. The molecular formula is C10H10N2O4. The predicted octanol–water partition coefficient (Wildman–Crippen LogP) is 1.03. The van der Waals surface area contributed by atoms with Gasteiger partial charge in [-0.15, -0.1) is 0 Å². The molecule has 16 heavy (non-hydrogen) atoms. The Morgan fingerprint density at radius 1 is 1.50 bits per heavy atom. The van der Waals surface area contributed by atoms with Crippen LogP contribution in [0.5, 0.6) is 5.75 Å². The maximum atomic E-state index is 11.1. The van der Waals surface area contributed by atoms with Crippen LogP contribution in [0, 0.1) is 0 Å². The minimum absolute atomic E-state index is 0.133. The Labute approximate surface area is 91.2 Å². The smallest absolute Gasteiger partial charge is 0.335 e. The zero-order chi connectivity index (χ0) is 11.7. The molecule has 0 aromatic heterocycles. The first kappa shape index (κ1) is 10.3. The van der Waals surface area contributed by atoms with Crippen LogP contribution in [0.1, 0.15) is 15.9 Å². The highest BCUT2D eigenvalue weighted by atomic mass is 16.5. The molecule has 1 aromatic rings. The summed E-state index contributed by atoms with van der Waals surface area (Å²) in [5.74, 6) is -0.678. The van der Waals surface area contributed by atoms with Gasteiger partial charge in [0.05, 0.1) is 18.4 Å². The lowest BCUT2D eigenvalue weighted by atomic mass is 10.1. The van der Waals surface area contributed by atoms with E-state index in [-0.39, 0.29) is 11.6 Å². The van der Waals surface area contributed by atoms with E-state index in [1.807, 2.05) is 0 Å². The standard InChI is InChI=1S/C10H10N2O4/c1-16-7-3-5(9(13)14)2-6-4-11-10(15)12-8(6)7/h2-3H,4H2,1H3,(H,13,14)(H2,11,12,15). The molecule has 0 aliphatic carbocycles. The summed E-state index contributed by atoms with van der Waals surface area (Å²) >= 11 is 0. The summed E-state index contributed by atoms with van der Waals surface area (Å²) < 4.78 is 5.05. The fraction of sp³-hybridized carbons (Fsp3) is 0.200. The largest absolute Gasteiger partial charge is 0.495 e. The molecule has 0 saturated heterocycles. The van der Waals surface area contributed by atoms with Gasteiger partial charge in [0, 0.05) is 6.54 Å². The van der Waals surface area contributed by atoms with Crippen LogP contribution in [0.15, 0.2) is 12.1 Å². The summed E-state index contributed by atoms with van der Waals surface area (Å²) in [5.41, 5.74) is 1.35. The van der Waals surface area contributed by atoms with Gasteiger partial charge in [-0.3, -0.25) is 0 Å². The van der Waals surface area contributed by atoms with Gasteiger partial charge >= 0.3 is 12.0 Å². The van der Waals surface area contributed by atoms with E-state index in [1.165, 1.54) is 19.2 Å². The van der Waals surface area contributed by atoms with E-state index in [2.05, 4.69) is 10.6 Å². The maximum absolute atomic E-state index is 11.1. The first-order valence-electron chi connectivity index (χ1n) is 4.61. The van der Waals surface area contributed by atoms with Crippen molar-refractivity contribution in [3.8, 4) is 5.75 Å². The zero-order valence-electron chi connectivity index (χ0n) is 8.53. The molecule has 0 fully saturated rings. The fourth-order valence-corrected chi connectivity index (χ4v) is 1.57. The number of carboxylic acid groups (broad SMARTS) is 1. The molecule has 2 amide bonds. The number of aromatic carboxylic acids is 1. The van der Waals surface area contributed by atoms with Crippen molar-refractivity contribution in [1.29, 1.82) is 0 Å². The van der Waals surface area contributed by atoms with Crippen LogP contribution in [0.4, 0.5) is 10.5 Å². The van der Waals surface area contributed by atoms with Gasteiger partial charge in [-0.05, 0) is 17.7 Å². The molecule has 6 nitrogen and oxygen atoms in total. The lowest BCUT2D eigenvalue weighted by Crippen LogP contribution is -2.33. The Morgan fingerprint density at radius 3 is 2.88 bits per heavy atom. The van der Waals surface area contributed by atoms with Gasteiger partial charge in [0.1, 0.15) is 5.75 Å². The molecule has 0 spiro atoms. The number of fused-ring (bicyclic) bond motifs is 1. The highest BCUT2D eigenvalue weighted by molar-refractivity contribution is 5.96. The number of urea groups is 1. The van der Waals surface area contributed by atoms with Crippen molar-refractivity contribution in [3.05, 3.63) is 23.3 Å². The predicted molar refractivity (Wildman–Crippen MR) is 55.8 cm³/mol. The van der Waals surface area contributed by atoms with E-state index in [9.17, 15) is 9.59 Å². The number of amides is 2. The monoisotopic (exact) mass is 222 g/mol. The molecule has 1 aliphatic heterocycles. The number of rotatable bonds is 2. The van der Waals surface area contributed by atoms with Crippen molar-refractivity contribution >= 4 is 17.7 Å². The third-order valence-corrected chi connectivity index (χ3v) is 2.33. The van der Waals surface area contributed by atoms with E-state index in [0.717, 1.165) is 0 Å². The Hall–Kier alpha value is -2.24. The van der Waals surface area contributed by atoms with Crippen molar-refractivity contribution in [2.75, 3.05) is 12.4 Å². The van der Waals surface area contributed by atoms with Crippen LogP contribution in [-0.2, 0) is 6.54 Å². The summed E-state index contributed by atoms with van der Waals surface area (Å²) in [6.07, 6.45) is 0. The van der Waals surface area contributed by atoms with Crippen LogP contribution in [0.2, 0.25) is 0 Å². The number of carbonyl (C=O) groups is 2. The zero-order valence-corrected chi connectivity index (χ0v) is 8.53. The van der Waals surface area contributed by atoms with Crippen molar-refractivity contribution in [1.82, 2.24) is 5.32 Å². The summed E-state index contributed by atoms with van der Waals surface area (Å²) in [6, 6.07) is 2.56. The van der Waals surface area contributed by atoms with Gasteiger partial charge in [-0.1, -0.05) is 0 Å². The summed E-state index contributed by atoms with van der Waals surface area (Å²) in [6.45, 7) is 0.290. The second-order valence-electron chi connectivity index (χ2n) is 3.33. The fourth-order valence-electron chi connectivity index (χ4n) is 1.57. The van der Waals surface area contributed by atoms with Gasteiger partial charge in [0.15, 0.2) is 0 Å². The maximum Gasteiger partial charge on any atom is 0.335 e. The second kappa shape index (κ2) is 3.73. The quantitative estimate of drug-likeness (QED) is 0.697. The third kappa shape index (κ3) is 1.65. The second-order valence-corrected chi connectivity index (χ2v) is 3.33. The highest BCUT2D eigenvalue weighted by Crippen LogP contribution is 2.32. The minimum atomic E-state index is -1.03. The minimum Gasteiger partial charge on any atom is -0.495 e. The lowest BCUT2D eigenvalue weighted by molar-refractivity contribution is 0.0696. The van der Waals surface area contributed by atoms with E-state index < -0.39 is 5.97 Å². The molecule has 3 N–H and O–H groups in total. The van der Waals surface area contributed by atoms with Crippen molar-refractivity contribution < 1.29 is 19.4 Å². The average Bonchev–Trinajstić information content (AvgIpc) is 2.27. The summed E-state index contributed by atoms with van der Waals surface area (Å²) in [7, 11) is 1.43. The van der Waals surface area contributed by atoms with Crippen LogP contribution in [0.3, 0.4) is 0 Å². The van der Waals surface area contributed by atoms with Crippen LogP contribution in [0.25, 0.3) is 0 Å². The van der Waals surface area contributed by atoms with E-state index >= 15 is 0 Å². The number of ether oxygens (including phenoxy) is 1. The van der Waals surface area contributed by atoms with Crippen LogP contribution >= 0.6 is 0 Å². The number of carbonyl (C=O) groups excluding carboxylic acids is 1. The number of anilines is 1. The molecular weight excluding hydrogens is 212 g/mol. The average molecular weight is 222 g/mol. The summed E-state index contributed by atoms with van der Waals surface area (Å²) in [4.78, 5) is 22.0. The number of methoxy groups -OCH3 is 1. The Bertz CT molecular complexity index is 453. The molecule has 0 atom stereocenters. The number of nitrogens with one attached hydrogen (secondary N) is 2. The Morgan fingerprint density at radius 2 is 2.25 bits per heavy atom. The SMILES string of the molecule is COc1cc(C(=O)O)cc2c1NC(=O)NC2. The first-order chi connectivity index (χ1) is 7.61. The molecule has 2 rings (SSSR count). The van der Waals surface area contributed by atoms with Gasteiger partial charge in [0.25, 0.3) is 0 Å². The normalized spacial score (nSPS) is 13.4. The molecule has 0 radical (unpaired) electrons. The van der Waals surface area contributed by atoms with Crippen molar-refractivity contribution in [2.24, 2.45) is 0 Å². The number of hydrogen-bond acceptors (Lipinski definition) is 3. The van der Waals surface area contributed by atoms with Crippen LogP contribution < -0.4 is 15.4 Å². The van der Waals surface area contributed by atoms with Crippen LogP contribution in [-0.4, -0.2) is 24.2 Å². The number of benzene rings is 1. The van der Waals surface area contributed by atoms with Crippen molar-refractivity contribution in [3.63, 3.8) is 0 Å². The molecule has 0 saturated carbocycles. The highest BCUT2D eigenvalue weighted by Gasteiger charge is 2.20. The molecule has 84 valence electrons. The molecule has 1 aromatic carbocycles. The van der Waals surface area contributed by atoms with Gasteiger partial charge in [-0.2, -0.15) is 0 Å². The lowest BCUT2D eigenvalue weighted by Gasteiger charge is -2.21. The molecule has 1 aliphatic rings. The summed E-state index contributed by atoms with van der Waals surface area (Å²) in [5, 5.41) is 14.0. The topological polar surface area (TPSA) is 87.7 Å².